The van der Waals surface area contributed by atoms with Gasteiger partial charge in [-0.05, 0) is 57.3 Å². The van der Waals surface area contributed by atoms with Gasteiger partial charge in [0.15, 0.2) is 0 Å². The maximum Gasteiger partial charge on any atom is 0.0328 e. The number of nitrogens with one attached hydrogen (secondary N) is 1. The smallest absolute Gasteiger partial charge is 0.0328 e. The van der Waals surface area contributed by atoms with Crippen molar-refractivity contribution in [1.29, 1.82) is 0 Å². The molecule has 1 aromatic rings. The zero-order valence-corrected chi connectivity index (χ0v) is 13.7. The maximum absolute atomic E-state index is 3.93. The monoisotopic (exact) mass is 286 g/mol. The molecule has 0 spiro atoms. The number of nitrogens with zero attached hydrogens (tertiary/aromatic N) is 1. The Balaban J connectivity index is 1.69. The number of fused-ring (bicyclic) bond motifs is 1. The summed E-state index contributed by atoms with van der Waals surface area (Å²) in [6.45, 7) is 1.14. The molecule has 1 N–H and O–H groups in total. The molecule has 1 atom stereocenters. The van der Waals surface area contributed by atoms with Gasteiger partial charge in [-0.2, -0.15) is 0 Å². The molecule has 0 amide bonds. The number of rotatable bonds is 4. The van der Waals surface area contributed by atoms with Gasteiger partial charge in [0.1, 0.15) is 0 Å². The molecule has 21 heavy (non-hydrogen) atoms. The molecule has 116 valence electrons. The molecule has 0 aromatic heterocycles. The van der Waals surface area contributed by atoms with Crippen LogP contribution in [0.25, 0.3) is 0 Å². The lowest BCUT2D eigenvalue weighted by Crippen LogP contribution is -2.53. The summed E-state index contributed by atoms with van der Waals surface area (Å²) in [5.74, 6) is 0. The lowest BCUT2D eigenvalue weighted by atomic mass is 9.80. The van der Waals surface area contributed by atoms with Crippen LogP contribution in [0.4, 0.5) is 0 Å². The van der Waals surface area contributed by atoms with Crippen LogP contribution in [0.15, 0.2) is 24.3 Å². The molecule has 1 aromatic carbocycles. The largest absolute Gasteiger partial charge is 0.308 e. The summed E-state index contributed by atoms with van der Waals surface area (Å²) < 4.78 is 0. The summed E-state index contributed by atoms with van der Waals surface area (Å²) in [6.07, 6.45) is 10.8. The minimum absolute atomic E-state index is 0.380. The van der Waals surface area contributed by atoms with Gasteiger partial charge in [0.25, 0.3) is 0 Å². The number of benzene rings is 1. The summed E-state index contributed by atoms with van der Waals surface area (Å²) in [5.41, 5.74) is 3.49. The van der Waals surface area contributed by atoms with Crippen molar-refractivity contribution in [1.82, 2.24) is 10.2 Å². The highest BCUT2D eigenvalue weighted by Gasteiger charge is 2.34. The number of hydrogen-bond donors (Lipinski definition) is 1. The van der Waals surface area contributed by atoms with Gasteiger partial charge in [-0.3, -0.25) is 0 Å². The van der Waals surface area contributed by atoms with Crippen LogP contribution >= 0.6 is 0 Å². The van der Waals surface area contributed by atoms with Gasteiger partial charge in [-0.1, -0.05) is 43.5 Å². The Morgan fingerprint density at radius 3 is 2.62 bits per heavy atom. The van der Waals surface area contributed by atoms with Crippen LogP contribution in [0.1, 0.15) is 62.1 Å². The molecule has 2 nitrogen and oxygen atoms in total. The minimum atomic E-state index is 0.380. The van der Waals surface area contributed by atoms with E-state index in [1.165, 1.54) is 51.4 Å². The fraction of sp³-hybridized carbons (Fsp3) is 0.684. The fourth-order valence-corrected chi connectivity index (χ4v) is 4.27. The predicted octanol–water partition coefficient (Wildman–Crippen LogP) is 3.92. The van der Waals surface area contributed by atoms with Gasteiger partial charge < -0.3 is 10.2 Å². The Hall–Kier alpha value is -0.860. The summed E-state index contributed by atoms with van der Waals surface area (Å²) in [5, 5.41) is 3.93. The molecule has 2 aliphatic rings. The summed E-state index contributed by atoms with van der Waals surface area (Å²) >= 11 is 0. The van der Waals surface area contributed by atoms with Crippen LogP contribution in [0.2, 0.25) is 0 Å². The standard InChI is InChI=1S/C19H30N2/c1-21(2)19(13-6-3-7-14-19)15-20-18-12-8-10-16-9-4-5-11-17(16)18/h4-5,9,11,18,20H,3,6-8,10,12-15H2,1-2H3. The second kappa shape index (κ2) is 6.50. The summed E-state index contributed by atoms with van der Waals surface area (Å²) in [4.78, 5) is 2.48. The highest BCUT2D eigenvalue weighted by molar-refractivity contribution is 5.32. The van der Waals surface area contributed by atoms with E-state index in [4.69, 9.17) is 0 Å². The highest BCUT2D eigenvalue weighted by Crippen LogP contribution is 2.34. The lowest BCUT2D eigenvalue weighted by Gasteiger charge is -2.44. The second-order valence-corrected chi connectivity index (χ2v) is 7.20. The molecular formula is C19H30N2. The number of likely N-dealkylation sites (N-methyl/N-ethyl adjacent to an activating group) is 1. The van der Waals surface area contributed by atoms with Crippen molar-refractivity contribution in [3.8, 4) is 0 Å². The number of hydrogen-bond acceptors (Lipinski definition) is 2. The number of aryl methyl sites for hydroxylation is 1. The SMILES string of the molecule is CN(C)C1(CNC2CCCc3ccccc32)CCCCC1. The van der Waals surface area contributed by atoms with E-state index in [-0.39, 0.29) is 0 Å². The van der Waals surface area contributed by atoms with Crippen molar-refractivity contribution in [3.05, 3.63) is 35.4 Å². The van der Waals surface area contributed by atoms with Gasteiger partial charge in [0.2, 0.25) is 0 Å². The summed E-state index contributed by atoms with van der Waals surface area (Å²) in [7, 11) is 4.53. The predicted molar refractivity (Wildman–Crippen MR) is 89.6 cm³/mol. The van der Waals surface area contributed by atoms with Crippen molar-refractivity contribution in [2.45, 2.75) is 62.9 Å². The molecule has 3 rings (SSSR count). The van der Waals surface area contributed by atoms with Crippen LogP contribution in [0.5, 0.6) is 0 Å². The maximum atomic E-state index is 3.93. The van der Waals surface area contributed by atoms with Gasteiger partial charge in [-0.25, -0.2) is 0 Å². The fourth-order valence-electron chi connectivity index (χ4n) is 4.27. The first kappa shape index (κ1) is 15.1. The van der Waals surface area contributed by atoms with E-state index in [0.717, 1.165) is 6.54 Å². The third-order valence-electron chi connectivity index (χ3n) is 5.78. The third-order valence-corrected chi connectivity index (χ3v) is 5.78. The Kier molecular flexibility index (Phi) is 4.66. The first-order valence-corrected chi connectivity index (χ1v) is 8.70. The summed E-state index contributed by atoms with van der Waals surface area (Å²) in [6, 6.07) is 9.58. The molecule has 0 bridgehead atoms. The highest BCUT2D eigenvalue weighted by atomic mass is 15.2. The molecule has 0 aliphatic heterocycles. The van der Waals surface area contributed by atoms with Crippen molar-refractivity contribution in [3.63, 3.8) is 0 Å². The van der Waals surface area contributed by atoms with E-state index in [1.54, 1.807) is 11.1 Å². The molecule has 0 radical (unpaired) electrons. The topological polar surface area (TPSA) is 15.3 Å². The van der Waals surface area contributed by atoms with Crippen LogP contribution in [-0.2, 0) is 6.42 Å². The first-order valence-electron chi connectivity index (χ1n) is 8.70. The van der Waals surface area contributed by atoms with Crippen molar-refractivity contribution >= 4 is 0 Å². The molecule has 1 fully saturated rings. The van der Waals surface area contributed by atoms with Crippen LogP contribution in [0, 0.1) is 0 Å². The van der Waals surface area contributed by atoms with E-state index < -0.39 is 0 Å². The lowest BCUT2D eigenvalue weighted by molar-refractivity contribution is 0.0942. The van der Waals surface area contributed by atoms with E-state index in [0.29, 0.717) is 11.6 Å². The molecule has 2 aliphatic carbocycles. The zero-order valence-electron chi connectivity index (χ0n) is 13.7. The third kappa shape index (κ3) is 3.17. The van der Waals surface area contributed by atoms with Gasteiger partial charge in [0, 0.05) is 18.1 Å². The van der Waals surface area contributed by atoms with Crippen molar-refractivity contribution in [2.75, 3.05) is 20.6 Å². The molecular weight excluding hydrogens is 256 g/mol. The Bertz CT molecular complexity index is 460. The Morgan fingerprint density at radius 2 is 1.86 bits per heavy atom. The Morgan fingerprint density at radius 1 is 1.10 bits per heavy atom. The molecule has 0 heterocycles. The quantitative estimate of drug-likeness (QED) is 0.902. The van der Waals surface area contributed by atoms with E-state index in [1.807, 2.05) is 0 Å². The van der Waals surface area contributed by atoms with E-state index in [9.17, 15) is 0 Å². The van der Waals surface area contributed by atoms with Gasteiger partial charge in [-0.15, -0.1) is 0 Å². The Labute approximate surface area is 129 Å². The van der Waals surface area contributed by atoms with Crippen molar-refractivity contribution in [2.24, 2.45) is 0 Å². The zero-order chi connectivity index (χ0) is 14.7. The van der Waals surface area contributed by atoms with Crippen LogP contribution < -0.4 is 5.32 Å². The first-order chi connectivity index (χ1) is 10.2. The van der Waals surface area contributed by atoms with Crippen LogP contribution in [0.3, 0.4) is 0 Å². The van der Waals surface area contributed by atoms with E-state index >= 15 is 0 Å². The molecule has 2 heteroatoms. The molecule has 1 unspecified atom stereocenters. The van der Waals surface area contributed by atoms with Crippen molar-refractivity contribution < 1.29 is 0 Å². The average molecular weight is 286 g/mol. The average Bonchev–Trinajstić information content (AvgIpc) is 2.53. The van der Waals surface area contributed by atoms with Gasteiger partial charge in [0.05, 0.1) is 0 Å². The molecule has 1 saturated carbocycles. The molecule has 0 saturated heterocycles. The second-order valence-electron chi connectivity index (χ2n) is 7.20. The minimum Gasteiger partial charge on any atom is -0.308 e. The van der Waals surface area contributed by atoms with Gasteiger partial charge >= 0.3 is 0 Å². The van der Waals surface area contributed by atoms with Crippen LogP contribution in [-0.4, -0.2) is 31.1 Å². The normalized spacial score (nSPS) is 24.8. The van der Waals surface area contributed by atoms with E-state index in [2.05, 4.69) is 48.6 Å².